The van der Waals surface area contributed by atoms with E-state index < -0.39 is 47.0 Å². The molecule has 0 aliphatic rings. The summed E-state index contributed by atoms with van der Waals surface area (Å²) in [6.45, 7) is 1.79. The van der Waals surface area contributed by atoms with Crippen molar-refractivity contribution >= 4 is 29.1 Å². The number of benzene rings is 1. The molecule has 2 aromatic rings. The summed E-state index contributed by atoms with van der Waals surface area (Å²) in [5.41, 5.74) is -7.25. The van der Waals surface area contributed by atoms with Gasteiger partial charge in [-0.15, -0.1) is 0 Å². The van der Waals surface area contributed by atoms with Crippen LogP contribution in [-0.2, 0) is 19.1 Å². The maximum absolute atomic E-state index is 13.7. The highest BCUT2D eigenvalue weighted by molar-refractivity contribution is 6.34. The molecule has 2 amide bonds. The van der Waals surface area contributed by atoms with Crippen molar-refractivity contribution in [2.75, 3.05) is 11.9 Å². The minimum Gasteiger partial charge on any atom is -0.352 e. The maximum atomic E-state index is 13.7. The molecule has 176 valence electrons. The van der Waals surface area contributed by atoms with Crippen molar-refractivity contribution in [3.8, 4) is 0 Å². The summed E-state index contributed by atoms with van der Waals surface area (Å²) >= 11 is 5.86. The third-order valence-corrected chi connectivity index (χ3v) is 4.33. The van der Waals surface area contributed by atoms with Crippen molar-refractivity contribution in [2.24, 2.45) is 7.05 Å². The van der Waals surface area contributed by atoms with E-state index in [1.807, 2.05) is 5.32 Å². The zero-order valence-electron chi connectivity index (χ0n) is 16.1. The highest BCUT2D eigenvalue weighted by Crippen LogP contribution is 2.48. The quantitative estimate of drug-likeness (QED) is 0.592. The molecule has 0 fully saturated rings. The number of aryl methyl sites for hydroxylation is 1. The summed E-state index contributed by atoms with van der Waals surface area (Å²) in [5, 5.41) is 6.88. The molecule has 0 spiro atoms. The summed E-state index contributed by atoms with van der Waals surface area (Å²) in [4.78, 5) is 24.4. The molecule has 0 unspecified atom stereocenters. The number of hydrogen-bond donors (Lipinski definition) is 2. The van der Waals surface area contributed by atoms with Crippen molar-refractivity contribution in [3.05, 3.63) is 45.7 Å². The smallest absolute Gasteiger partial charge is 0.352 e. The highest BCUT2D eigenvalue weighted by Gasteiger charge is 2.64. The van der Waals surface area contributed by atoms with E-state index in [1.54, 1.807) is 6.92 Å². The topological polar surface area (TPSA) is 76.0 Å². The zero-order valence-corrected chi connectivity index (χ0v) is 16.8. The fourth-order valence-electron chi connectivity index (χ4n) is 2.63. The molecule has 0 bridgehead atoms. The van der Waals surface area contributed by atoms with Gasteiger partial charge in [-0.05, 0) is 25.1 Å². The third-order valence-electron chi connectivity index (χ3n) is 4.01. The first kappa shape index (κ1) is 25.4. The summed E-state index contributed by atoms with van der Waals surface area (Å²) in [6.07, 6.45) is -12.2. The van der Waals surface area contributed by atoms with Crippen LogP contribution in [0.3, 0.4) is 0 Å². The first-order valence-electron chi connectivity index (χ1n) is 8.50. The fourth-order valence-corrected chi connectivity index (χ4v) is 2.83. The van der Waals surface area contributed by atoms with Gasteiger partial charge in [-0.25, -0.2) is 0 Å². The first-order chi connectivity index (χ1) is 14.5. The van der Waals surface area contributed by atoms with Crippen LogP contribution in [0.2, 0.25) is 5.02 Å². The Labute approximate surface area is 179 Å². The van der Waals surface area contributed by atoms with Gasteiger partial charge in [0, 0.05) is 19.3 Å². The van der Waals surface area contributed by atoms with Gasteiger partial charge in [-0.1, -0.05) is 11.6 Å². The number of anilines is 1. The van der Waals surface area contributed by atoms with Gasteiger partial charge in [-0.3, -0.25) is 14.3 Å². The zero-order chi connectivity index (χ0) is 24.6. The van der Waals surface area contributed by atoms with Crippen LogP contribution in [0.15, 0.2) is 18.2 Å². The van der Waals surface area contributed by atoms with E-state index in [9.17, 15) is 44.7 Å². The summed E-state index contributed by atoms with van der Waals surface area (Å²) in [6, 6.07) is 3.19. The predicted molar refractivity (Wildman–Crippen MR) is 95.6 cm³/mol. The lowest BCUT2D eigenvalue weighted by Gasteiger charge is -2.19. The van der Waals surface area contributed by atoms with E-state index >= 15 is 0 Å². The average Bonchev–Trinajstić information content (AvgIpc) is 3.01. The average molecular weight is 493 g/mol. The number of halogens is 9. The van der Waals surface area contributed by atoms with Gasteiger partial charge in [0.15, 0.2) is 5.69 Å². The molecule has 0 aliphatic heterocycles. The van der Waals surface area contributed by atoms with Crippen molar-refractivity contribution in [1.82, 2.24) is 15.1 Å². The van der Waals surface area contributed by atoms with Crippen molar-refractivity contribution < 1.29 is 44.7 Å². The molecule has 2 rings (SSSR count). The number of hydrogen-bond acceptors (Lipinski definition) is 3. The van der Waals surface area contributed by atoms with Crippen LogP contribution in [0.5, 0.6) is 0 Å². The second kappa shape index (κ2) is 8.56. The molecule has 15 heteroatoms. The van der Waals surface area contributed by atoms with Crippen LogP contribution in [0.1, 0.15) is 39.0 Å². The van der Waals surface area contributed by atoms with Crippen LogP contribution < -0.4 is 10.6 Å². The Bertz CT molecular complexity index is 1050. The van der Waals surface area contributed by atoms with Crippen LogP contribution in [0.4, 0.5) is 40.8 Å². The highest BCUT2D eigenvalue weighted by atomic mass is 35.5. The Balaban J connectivity index is 2.57. The Morgan fingerprint density at radius 3 is 2.16 bits per heavy atom. The molecule has 0 radical (unpaired) electrons. The summed E-state index contributed by atoms with van der Waals surface area (Å²) < 4.78 is 106. The molecule has 0 saturated carbocycles. The summed E-state index contributed by atoms with van der Waals surface area (Å²) in [7, 11) is 0.599. The lowest BCUT2D eigenvalue weighted by atomic mass is 10.1. The molecular weight excluding hydrogens is 480 g/mol. The lowest BCUT2D eigenvalue weighted by molar-refractivity contribution is -0.292. The van der Waals surface area contributed by atoms with E-state index in [-0.39, 0.29) is 27.5 Å². The molecule has 1 heterocycles. The molecule has 32 heavy (non-hydrogen) atoms. The molecule has 0 atom stereocenters. The SMILES string of the molecule is CCNC(=O)c1cc(NC(=O)c2c(C(F)(F)F)c(C(F)(F)C(F)(F)F)nn2C)ccc1Cl. The van der Waals surface area contributed by atoms with Crippen molar-refractivity contribution in [2.45, 2.75) is 25.2 Å². The number of carbonyl (C=O) groups is 2. The Kier molecular flexibility index (Phi) is 6.78. The number of carbonyl (C=O) groups excluding carboxylic acids is 2. The van der Waals surface area contributed by atoms with Gasteiger partial charge in [0.2, 0.25) is 0 Å². The number of amides is 2. The third kappa shape index (κ3) is 4.79. The second-order valence-corrected chi connectivity index (χ2v) is 6.68. The Morgan fingerprint density at radius 1 is 1.06 bits per heavy atom. The van der Waals surface area contributed by atoms with Gasteiger partial charge < -0.3 is 10.6 Å². The van der Waals surface area contributed by atoms with Crippen LogP contribution in [-0.4, -0.2) is 34.3 Å². The number of nitrogens with one attached hydrogen (secondary N) is 2. The largest absolute Gasteiger partial charge is 0.459 e. The Morgan fingerprint density at radius 2 is 1.66 bits per heavy atom. The van der Waals surface area contributed by atoms with E-state index in [2.05, 4.69) is 10.4 Å². The van der Waals surface area contributed by atoms with Gasteiger partial charge in [-0.2, -0.15) is 40.2 Å². The molecule has 2 N–H and O–H groups in total. The second-order valence-electron chi connectivity index (χ2n) is 6.27. The monoisotopic (exact) mass is 492 g/mol. The van der Waals surface area contributed by atoms with Crippen molar-refractivity contribution in [1.29, 1.82) is 0 Å². The number of nitrogens with zero attached hydrogens (tertiary/aromatic N) is 2. The minimum atomic E-state index is -6.40. The van der Waals surface area contributed by atoms with E-state index in [4.69, 9.17) is 11.6 Å². The molecule has 0 aliphatic carbocycles. The van der Waals surface area contributed by atoms with Gasteiger partial charge >= 0.3 is 18.3 Å². The Hall–Kier alpha value is -2.90. The van der Waals surface area contributed by atoms with Gasteiger partial charge in [0.25, 0.3) is 11.8 Å². The summed E-state index contributed by atoms with van der Waals surface area (Å²) in [5.74, 6) is -8.36. The van der Waals surface area contributed by atoms with Crippen molar-refractivity contribution in [3.63, 3.8) is 0 Å². The lowest BCUT2D eigenvalue weighted by Crippen LogP contribution is -2.36. The van der Waals surface area contributed by atoms with E-state index in [0.29, 0.717) is 7.05 Å². The minimum absolute atomic E-state index is 0.0340. The maximum Gasteiger partial charge on any atom is 0.459 e. The van der Waals surface area contributed by atoms with Crippen LogP contribution in [0, 0.1) is 0 Å². The number of aromatic nitrogens is 2. The molecule has 6 nitrogen and oxygen atoms in total. The molecule has 1 aromatic carbocycles. The molecular formula is C17H13ClF8N4O2. The number of rotatable bonds is 5. The predicted octanol–water partition coefficient (Wildman–Crippen LogP) is 4.75. The van der Waals surface area contributed by atoms with Gasteiger partial charge in [0.1, 0.15) is 11.3 Å². The number of alkyl halides is 8. The normalized spacial score (nSPS) is 12.6. The van der Waals surface area contributed by atoms with E-state index in [0.717, 1.165) is 18.2 Å². The fraction of sp³-hybridized carbons (Fsp3) is 0.353. The van der Waals surface area contributed by atoms with Gasteiger partial charge in [0.05, 0.1) is 10.6 Å². The standard InChI is InChI=1S/C17H13ClF8N4O2/c1-3-27-13(31)8-6-7(4-5-9(8)18)28-14(32)11-10(16(21,22)23)12(29-30(11)2)15(19,20)17(24,25)26/h4-6H,3H2,1-2H3,(H,27,31)(H,28,32). The molecule has 0 saturated heterocycles. The van der Waals surface area contributed by atoms with Crippen LogP contribution in [0.25, 0.3) is 0 Å². The van der Waals surface area contributed by atoms with Crippen LogP contribution >= 0.6 is 11.6 Å². The molecule has 1 aromatic heterocycles. The van der Waals surface area contributed by atoms with E-state index in [1.165, 1.54) is 0 Å². The first-order valence-corrected chi connectivity index (χ1v) is 8.88.